The van der Waals surface area contributed by atoms with E-state index in [2.05, 4.69) is 10.6 Å². The van der Waals surface area contributed by atoms with Gasteiger partial charge in [0.25, 0.3) is 10.0 Å². The molecule has 0 radical (unpaired) electrons. The molecule has 1 aliphatic carbocycles. The van der Waals surface area contributed by atoms with E-state index in [0.717, 1.165) is 32.1 Å². The third-order valence-electron chi connectivity index (χ3n) is 5.05. The Hall–Kier alpha value is -1.16. The largest absolute Gasteiger partial charge is 0.385 e. The normalized spacial score (nSPS) is 17.0. The van der Waals surface area contributed by atoms with E-state index in [0.29, 0.717) is 17.3 Å². The standard InChI is InChI=1S/C18H32N4O3S2/c1-4-19-17(21-15-18(8-6-9-18)10-13-25-3)20-11-12-22(2)27(23,24)16-7-5-14-26-16/h5,7,14H,4,6,8-13,15H2,1-3H3,(H2,19,20,21). The van der Waals surface area contributed by atoms with E-state index in [1.807, 2.05) is 6.92 Å². The highest BCUT2D eigenvalue weighted by molar-refractivity contribution is 7.91. The number of nitrogens with zero attached hydrogens (tertiary/aromatic N) is 2. The SMILES string of the molecule is CCNC(=NCC1(CCOC)CCC1)NCCN(C)S(=O)(=O)c1cccs1. The van der Waals surface area contributed by atoms with Crippen molar-refractivity contribution in [2.75, 3.05) is 46.9 Å². The summed E-state index contributed by atoms with van der Waals surface area (Å²) in [4.78, 5) is 4.74. The van der Waals surface area contributed by atoms with Crippen LogP contribution in [0, 0.1) is 5.41 Å². The van der Waals surface area contributed by atoms with E-state index >= 15 is 0 Å². The summed E-state index contributed by atoms with van der Waals surface area (Å²) in [6, 6.07) is 3.38. The van der Waals surface area contributed by atoms with Crippen molar-refractivity contribution in [1.82, 2.24) is 14.9 Å². The average molecular weight is 417 g/mol. The first-order valence-corrected chi connectivity index (χ1v) is 11.8. The van der Waals surface area contributed by atoms with Crippen LogP contribution in [0.25, 0.3) is 0 Å². The van der Waals surface area contributed by atoms with Crippen LogP contribution in [0.15, 0.2) is 26.7 Å². The van der Waals surface area contributed by atoms with Crippen LogP contribution in [-0.4, -0.2) is 65.6 Å². The van der Waals surface area contributed by atoms with Gasteiger partial charge < -0.3 is 15.4 Å². The van der Waals surface area contributed by atoms with Gasteiger partial charge in [-0.1, -0.05) is 12.5 Å². The molecule has 2 N–H and O–H groups in total. The van der Waals surface area contributed by atoms with Crippen molar-refractivity contribution in [3.8, 4) is 0 Å². The highest BCUT2D eigenvalue weighted by Gasteiger charge is 2.36. The number of rotatable bonds is 11. The molecule has 27 heavy (non-hydrogen) atoms. The zero-order chi connectivity index (χ0) is 19.8. The molecule has 2 rings (SSSR count). The Labute approximate surface area is 167 Å². The minimum Gasteiger partial charge on any atom is -0.385 e. The predicted octanol–water partition coefficient (Wildman–Crippen LogP) is 2.13. The summed E-state index contributed by atoms with van der Waals surface area (Å²) >= 11 is 1.24. The van der Waals surface area contributed by atoms with E-state index in [1.165, 1.54) is 34.9 Å². The number of hydrogen-bond donors (Lipinski definition) is 2. The van der Waals surface area contributed by atoms with E-state index in [4.69, 9.17) is 9.73 Å². The smallest absolute Gasteiger partial charge is 0.252 e. The van der Waals surface area contributed by atoms with Gasteiger partial charge in [-0.3, -0.25) is 4.99 Å². The third-order valence-corrected chi connectivity index (χ3v) is 8.28. The van der Waals surface area contributed by atoms with E-state index < -0.39 is 10.0 Å². The summed E-state index contributed by atoms with van der Waals surface area (Å²) < 4.78 is 31.9. The molecular formula is C18H32N4O3S2. The molecule has 154 valence electrons. The molecule has 0 aliphatic heterocycles. The lowest BCUT2D eigenvalue weighted by molar-refractivity contribution is 0.0778. The van der Waals surface area contributed by atoms with Crippen LogP contribution in [0.5, 0.6) is 0 Å². The van der Waals surface area contributed by atoms with Crippen molar-refractivity contribution in [1.29, 1.82) is 0 Å². The summed E-state index contributed by atoms with van der Waals surface area (Å²) in [5, 5.41) is 8.26. The van der Waals surface area contributed by atoms with E-state index in [9.17, 15) is 8.42 Å². The molecule has 0 unspecified atom stereocenters. The monoisotopic (exact) mass is 416 g/mol. The molecule has 0 amide bonds. The number of likely N-dealkylation sites (N-methyl/N-ethyl adjacent to an activating group) is 1. The number of thiophene rings is 1. The third kappa shape index (κ3) is 6.17. The van der Waals surface area contributed by atoms with E-state index in [-0.39, 0.29) is 5.41 Å². The summed E-state index contributed by atoms with van der Waals surface area (Å²) in [6.45, 7) is 5.20. The van der Waals surface area contributed by atoms with Crippen molar-refractivity contribution in [3.05, 3.63) is 17.5 Å². The molecule has 7 nitrogen and oxygen atoms in total. The molecule has 9 heteroatoms. The molecule has 0 atom stereocenters. The minimum atomic E-state index is -3.41. The molecule has 1 saturated carbocycles. The van der Waals surface area contributed by atoms with Gasteiger partial charge in [-0.15, -0.1) is 11.3 Å². The number of guanidine groups is 1. The van der Waals surface area contributed by atoms with Gasteiger partial charge in [0, 0.05) is 46.9 Å². The van der Waals surface area contributed by atoms with Crippen molar-refractivity contribution in [2.45, 2.75) is 36.8 Å². The zero-order valence-electron chi connectivity index (χ0n) is 16.5. The molecule has 1 heterocycles. The number of methoxy groups -OCH3 is 1. The molecule has 1 fully saturated rings. The quantitative estimate of drug-likeness (QED) is 0.427. The Bertz CT molecular complexity index is 685. The molecule has 0 saturated heterocycles. The Kier molecular flexibility index (Phi) is 8.53. The van der Waals surface area contributed by atoms with Crippen molar-refractivity contribution in [3.63, 3.8) is 0 Å². The lowest BCUT2D eigenvalue weighted by Gasteiger charge is -2.40. The first-order valence-electron chi connectivity index (χ1n) is 9.44. The topological polar surface area (TPSA) is 83.0 Å². The summed E-state index contributed by atoms with van der Waals surface area (Å²) in [5.41, 5.74) is 0.262. The Balaban J connectivity index is 1.86. The van der Waals surface area contributed by atoms with Gasteiger partial charge in [0.2, 0.25) is 0 Å². The fourth-order valence-corrected chi connectivity index (χ4v) is 5.46. The van der Waals surface area contributed by atoms with Gasteiger partial charge >= 0.3 is 0 Å². The maximum Gasteiger partial charge on any atom is 0.252 e. The van der Waals surface area contributed by atoms with Crippen LogP contribution < -0.4 is 10.6 Å². The highest BCUT2D eigenvalue weighted by Crippen LogP contribution is 2.44. The van der Waals surface area contributed by atoms with Gasteiger partial charge in [0.1, 0.15) is 4.21 Å². The predicted molar refractivity (Wildman–Crippen MR) is 111 cm³/mol. The maximum absolute atomic E-state index is 12.4. The second-order valence-corrected chi connectivity index (χ2v) is 10.2. The summed E-state index contributed by atoms with van der Waals surface area (Å²) in [5.74, 6) is 0.739. The van der Waals surface area contributed by atoms with Crippen LogP contribution in [0.4, 0.5) is 0 Å². The fourth-order valence-electron chi connectivity index (χ4n) is 3.09. The minimum absolute atomic E-state index is 0.262. The van der Waals surface area contributed by atoms with Crippen LogP contribution >= 0.6 is 11.3 Å². The van der Waals surface area contributed by atoms with Crippen molar-refractivity contribution >= 4 is 27.3 Å². The summed E-state index contributed by atoms with van der Waals surface area (Å²) in [6.07, 6.45) is 4.69. The Morgan fingerprint density at radius 1 is 1.41 bits per heavy atom. The number of ether oxygens (including phenoxy) is 1. The second kappa shape index (κ2) is 10.4. The number of hydrogen-bond acceptors (Lipinski definition) is 5. The molecule has 0 spiro atoms. The fraction of sp³-hybridized carbons (Fsp3) is 0.722. The molecule has 0 aromatic carbocycles. The lowest BCUT2D eigenvalue weighted by atomic mass is 9.67. The molecular weight excluding hydrogens is 384 g/mol. The first-order chi connectivity index (χ1) is 12.9. The number of sulfonamides is 1. The van der Waals surface area contributed by atoms with Gasteiger partial charge in [-0.25, -0.2) is 8.42 Å². The highest BCUT2D eigenvalue weighted by atomic mass is 32.2. The van der Waals surface area contributed by atoms with Gasteiger partial charge in [0.05, 0.1) is 0 Å². The van der Waals surface area contributed by atoms with E-state index in [1.54, 1.807) is 31.7 Å². The second-order valence-electron chi connectivity index (χ2n) is 6.98. The number of nitrogens with one attached hydrogen (secondary N) is 2. The molecule has 0 bridgehead atoms. The van der Waals surface area contributed by atoms with Crippen molar-refractivity contribution < 1.29 is 13.2 Å². The molecule has 1 aromatic heterocycles. The van der Waals surface area contributed by atoms with Crippen LogP contribution in [-0.2, 0) is 14.8 Å². The zero-order valence-corrected chi connectivity index (χ0v) is 18.2. The Morgan fingerprint density at radius 3 is 2.74 bits per heavy atom. The molecule has 1 aromatic rings. The number of aliphatic imine (C=N–C) groups is 1. The average Bonchev–Trinajstić information content (AvgIpc) is 3.15. The van der Waals surface area contributed by atoms with Gasteiger partial charge in [0.15, 0.2) is 5.96 Å². The maximum atomic E-state index is 12.4. The van der Waals surface area contributed by atoms with Crippen LogP contribution in [0.2, 0.25) is 0 Å². The van der Waals surface area contributed by atoms with Crippen LogP contribution in [0.3, 0.4) is 0 Å². The van der Waals surface area contributed by atoms with Crippen molar-refractivity contribution in [2.24, 2.45) is 10.4 Å². The summed E-state index contributed by atoms with van der Waals surface area (Å²) in [7, 11) is -0.0647. The van der Waals surface area contributed by atoms with Gasteiger partial charge in [-0.05, 0) is 43.0 Å². The Morgan fingerprint density at radius 2 is 2.19 bits per heavy atom. The first kappa shape index (κ1) is 22.1. The lowest BCUT2D eigenvalue weighted by Crippen LogP contribution is -2.43. The van der Waals surface area contributed by atoms with Gasteiger partial charge in [-0.2, -0.15) is 4.31 Å². The van der Waals surface area contributed by atoms with Crippen LogP contribution in [0.1, 0.15) is 32.6 Å². The molecule has 1 aliphatic rings.